The van der Waals surface area contributed by atoms with Crippen LogP contribution in [-0.4, -0.2) is 6.61 Å². The molecule has 0 amide bonds. The van der Waals surface area contributed by atoms with Crippen LogP contribution in [0, 0.1) is 23.4 Å². The normalized spacial score (nSPS) is 12.3. The lowest BCUT2D eigenvalue weighted by Crippen LogP contribution is -2.23. The molecule has 0 bridgehead atoms. The van der Waals surface area contributed by atoms with E-state index in [0.29, 0.717) is 24.7 Å². The van der Waals surface area contributed by atoms with E-state index >= 15 is 0 Å². The van der Waals surface area contributed by atoms with Gasteiger partial charge in [-0.15, -0.1) is 6.58 Å². The third kappa shape index (κ3) is 12.7. The highest BCUT2D eigenvalue weighted by atomic mass is 19.3. The molecule has 40 heavy (non-hydrogen) atoms. The van der Waals surface area contributed by atoms with E-state index in [1.54, 1.807) is 0 Å². The van der Waals surface area contributed by atoms with E-state index in [4.69, 9.17) is 4.74 Å². The molecule has 7 heteroatoms. The van der Waals surface area contributed by atoms with Crippen LogP contribution in [0.3, 0.4) is 0 Å². The highest BCUT2D eigenvalue weighted by molar-refractivity contribution is 5.32. The lowest BCUT2D eigenvalue weighted by atomic mass is 9.94. The Balaban J connectivity index is 1.58. The van der Waals surface area contributed by atoms with Crippen molar-refractivity contribution in [1.29, 1.82) is 0 Å². The van der Waals surface area contributed by atoms with Crippen LogP contribution in [0.25, 0.3) is 0 Å². The SMILES string of the molecule is C=CC(CCCCCCCCC)CCCCCCCCOc1ccc(C(F)(F)Oc2ccc(F)c(F)c2)c(F)c1. The second-order valence-corrected chi connectivity index (χ2v) is 10.5. The predicted molar refractivity (Wildman–Crippen MR) is 151 cm³/mol. The molecule has 2 aromatic carbocycles. The number of hydrogen-bond acceptors (Lipinski definition) is 2. The smallest absolute Gasteiger partial charge is 0.429 e. The summed E-state index contributed by atoms with van der Waals surface area (Å²) in [6.45, 7) is 6.62. The van der Waals surface area contributed by atoms with Gasteiger partial charge in [0.15, 0.2) is 11.6 Å². The van der Waals surface area contributed by atoms with Crippen molar-refractivity contribution in [1.82, 2.24) is 0 Å². The maximum atomic E-state index is 14.4. The van der Waals surface area contributed by atoms with Crippen molar-refractivity contribution in [2.24, 2.45) is 5.92 Å². The molecule has 0 aliphatic rings. The Morgan fingerprint density at radius 2 is 1.25 bits per heavy atom. The first kappa shape index (κ1) is 33.6. The van der Waals surface area contributed by atoms with Crippen LogP contribution in [0.1, 0.15) is 109 Å². The van der Waals surface area contributed by atoms with Crippen molar-refractivity contribution in [3.63, 3.8) is 0 Å². The molecule has 0 aliphatic heterocycles. The van der Waals surface area contributed by atoms with Crippen molar-refractivity contribution in [2.75, 3.05) is 6.61 Å². The van der Waals surface area contributed by atoms with Gasteiger partial charge in [0, 0.05) is 12.1 Å². The second-order valence-electron chi connectivity index (χ2n) is 10.5. The summed E-state index contributed by atoms with van der Waals surface area (Å²) < 4.78 is 79.4. The monoisotopic (exact) mass is 568 g/mol. The van der Waals surface area contributed by atoms with Gasteiger partial charge in [0.2, 0.25) is 0 Å². The first-order valence-electron chi connectivity index (χ1n) is 14.8. The highest BCUT2D eigenvalue weighted by Crippen LogP contribution is 2.35. The Bertz CT molecular complexity index is 995. The fourth-order valence-electron chi connectivity index (χ4n) is 4.71. The first-order valence-corrected chi connectivity index (χ1v) is 14.8. The van der Waals surface area contributed by atoms with Crippen molar-refractivity contribution in [2.45, 2.75) is 109 Å². The summed E-state index contributed by atoms with van der Waals surface area (Å²) in [5, 5.41) is 0. The van der Waals surface area contributed by atoms with Crippen LogP contribution in [0.5, 0.6) is 11.5 Å². The molecule has 0 aromatic heterocycles. The van der Waals surface area contributed by atoms with Gasteiger partial charge in [-0.25, -0.2) is 13.2 Å². The number of allylic oxidation sites excluding steroid dienone is 1. The Kier molecular flexibility index (Phi) is 15.7. The van der Waals surface area contributed by atoms with Gasteiger partial charge in [-0.2, -0.15) is 8.78 Å². The zero-order chi connectivity index (χ0) is 29.2. The summed E-state index contributed by atoms with van der Waals surface area (Å²) in [5.41, 5.74) is -1.02. The van der Waals surface area contributed by atoms with Gasteiger partial charge in [-0.1, -0.05) is 90.0 Å². The molecular formula is C33H45F5O2. The average molecular weight is 569 g/mol. The van der Waals surface area contributed by atoms with Crippen molar-refractivity contribution in [3.05, 3.63) is 72.1 Å². The minimum absolute atomic E-state index is 0.140. The summed E-state index contributed by atoms with van der Waals surface area (Å²) in [5.74, 6) is -3.61. The predicted octanol–water partition coefficient (Wildman–Crippen LogP) is 11.3. The second kappa shape index (κ2) is 18.7. The molecule has 0 radical (unpaired) electrons. The van der Waals surface area contributed by atoms with Gasteiger partial charge in [-0.05, 0) is 49.4 Å². The fraction of sp³-hybridized carbons (Fsp3) is 0.576. The molecule has 2 rings (SSSR count). The third-order valence-electron chi connectivity index (χ3n) is 7.14. The first-order chi connectivity index (χ1) is 19.3. The molecule has 2 nitrogen and oxygen atoms in total. The van der Waals surface area contributed by atoms with Crippen LogP contribution in [0.15, 0.2) is 49.1 Å². The maximum Gasteiger partial charge on any atom is 0.429 e. The van der Waals surface area contributed by atoms with E-state index < -0.39 is 34.9 Å². The van der Waals surface area contributed by atoms with Crippen molar-refractivity contribution in [3.8, 4) is 11.5 Å². The number of benzene rings is 2. The summed E-state index contributed by atoms with van der Waals surface area (Å²) >= 11 is 0. The summed E-state index contributed by atoms with van der Waals surface area (Å²) in [4.78, 5) is 0. The Morgan fingerprint density at radius 3 is 1.82 bits per heavy atom. The van der Waals surface area contributed by atoms with Gasteiger partial charge in [0.1, 0.15) is 22.9 Å². The Morgan fingerprint density at radius 1 is 0.700 bits per heavy atom. The van der Waals surface area contributed by atoms with E-state index in [1.165, 1.54) is 76.7 Å². The average Bonchev–Trinajstić information content (AvgIpc) is 2.92. The largest absolute Gasteiger partial charge is 0.493 e. The van der Waals surface area contributed by atoms with Crippen LogP contribution in [0.2, 0.25) is 0 Å². The third-order valence-corrected chi connectivity index (χ3v) is 7.14. The maximum absolute atomic E-state index is 14.4. The van der Waals surface area contributed by atoms with Gasteiger partial charge in [0.25, 0.3) is 0 Å². The van der Waals surface area contributed by atoms with E-state index in [9.17, 15) is 22.0 Å². The molecule has 0 aliphatic carbocycles. The summed E-state index contributed by atoms with van der Waals surface area (Å²) in [6, 6.07) is 4.97. The van der Waals surface area contributed by atoms with E-state index in [0.717, 1.165) is 43.9 Å². The molecule has 0 N–H and O–H groups in total. The Hall–Kier alpha value is -2.57. The minimum atomic E-state index is -4.08. The molecule has 0 heterocycles. The molecule has 1 atom stereocenters. The number of alkyl halides is 2. The van der Waals surface area contributed by atoms with E-state index in [2.05, 4.69) is 24.3 Å². The molecule has 2 aromatic rings. The van der Waals surface area contributed by atoms with Gasteiger partial charge in [0.05, 0.1) is 6.61 Å². The Labute approximate surface area is 237 Å². The van der Waals surface area contributed by atoms with Gasteiger partial charge in [-0.3, -0.25) is 0 Å². The van der Waals surface area contributed by atoms with Crippen LogP contribution in [-0.2, 0) is 6.11 Å². The van der Waals surface area contributed by atoms with Crippen LogP contribution in [0.4, 0.5) is 22.0 Å². The number of ether oxygens (including phenoxy) is 2. The zero-order valence-electron chi connectivity index (χ0n) is 23.8. The van der Waals surface area contributed by atoms with E-state index in [-0.39, 0.29) is 5.75 Å². The summed E-state index contributed by atoms with van der Waals surface area (Å²) in [7, 11) is 0. The molecule has 0 fully saturated rings. The van der Waals surface area contributed by atoms with Crippen LogP contribution >= 0.6 is 0 Å². The van der Waals surface area contributed by atoms with Gasteiger partial charge >= 0.3 is 6.11 Å². The van der Waals surface area contributed by atoms with Crippen LogP contribution < -0.4 is 9.47 Å². The molecule has 1 unspecified atom stereocenters. The molecule has 224 valence electrons. The molecule has 0 saturated carbocycles. The topological polar surface area (TPSA) is 18.5 Å². The summed E-state index contributed by atoms with van der Waals surface area (Å²) in [6.07, 6.45) is 16.2. The minimum Gasteiger partial charge on any atom is -0.493 e. The number of unbranched alkanes of at least 4 members (excludes halogenated alkanes) is 11. The van der Waals surface area contributed by atoms with E-state index in [1.807, 2.05) is 0 Å². The number of hydrogen-bond donors (Lipinski definition) is 0. The standard InChI is InChI=1S/C33H45F5O2/c1-3-5-6-7-8-11-14-17-26(4-2)18-15-12-9-10-13-16-23-39-27-19-21-29(31(35)24-27)33(37,38)40-28-20-22-30(34)32(36)25-28/h4,19-22,24-26H,2-3,5-18,23H2,1H3. The lowest BCUT2D eigenvalue weighted by molar-refractivity contribution is -0.187. The van der Waals surface area contributed by atoms with Crippen molar-refractivity contribution < 1.29 is 31.4 Å². The number of halogens is 5. The fourth-order valence-corrected chi connectivity index (χ4v) is 4.71. The quantitative estimate of drug-likeness (QED) is 0.0799. The molecule has 0 spiro atoms. The van der Waals surface area contributed by atoms with Gasteiger partial charge < -0.3 is 9.47 Å². The lowest BCUT2D eigenvalue weighted by Gasteiger charge is -2.19. The van der Waals surface area contributed by atoms with Crippen molar-refractivity contribution >= 4 is 0 Å². The molecular weight excluding hydrogens is 523 g/mol. The number of rotatable bonds is 22. The zero-order valence-corrected chi connectivity index (χ0v) is 23.8. The molecule has 0 saturated heterocycles. The highest BCUT2D eigenvalue weighted by Gasteiger charge is 2.38.